The number of nitrogens with zero attached hydrogens (tertiary/aromatic N) is 4. The van der Waals surface area contributed by atoms with Crippen LogP contribution in [0.5, 0.6) is 0 Å². The highest BCUT2D eigenvalue weighted by Crippen LogP contribution is 2.31. The Bertz CT molecular complexity index is 1330. The van der Waals surface area contributed by atoms with Crippen LogP contribution in [0.2, 0.25) is 0 Å². The molecule has 1 heterocycles. The summed E-state index contributed by atoms with van der Waals surface area (Å²) in [5, 5.41) is 18.8. The van der Waals surface area contributed by atoms with E-state index in [1.54, 1.807) is 19.1 Å². The summed E-state index contributed by atoms with van der Waals surface area (Å²) in [4.78, 5) is 50.8. The number of hydrogen-bond donors (Lipinski definition) is 3. The molecule has 12 nitrogen and oxygen atoms in total. The normalized spacial score (nSPS) is 14.3. The number of amides is 4. The van der Waals surface area contributed by atoms with E-state index in [1.807, 2.05) is 6.92 Å². The zero-order valence-electron chi connectivity index (χ0n) is 23.7. The Labute approximate surface area is 241 Å². The number of anilines is 3. The molecule has 0 radical (unpaired) electrons. The molecule has 14 heteroatoms. The van der Waals surface area contributed by atoms with Crippen molar-refractivity contribution in [1.82, 2.24) is 10.3 Å². The van der Waals surface area contributed by atoms with Crippen molar-refractivity contribution in [1.29, 1.82) is 0 Å². The van der Waals surface area contributed by atoms with Crippen LogP contribution in [0.1, 0.15) is 36.2 Å². The summed E-state index contributed by atoms with van der Waals surface area (Å²) >= 11 is 0. The summed E-state index contributed by atoms with van der Waals surface area (Å²) in [5.41, 5.74) is 0.745. The van der Waals surface area contributed by atoms with Gasteiger partial charge >= 0.3 is 6.09 Å². The van der Waals surface area contributed by atoms with E-state index < -0.39 is 42.3 Å². The number of aliphatic hydroxyl groups is 1. The molecule has 0 bridgehead atoms. The molecule has 1 saturated heterocycles. The number of benzene rings is 2. The van der Waals surface area contributed by atoms with Crippen LogP contribution < -0.4 is 20.4 Å². The van der Waals surface area contributed by atoms with Gasteiger partial charge < -0.3 is 25.4 Å². The lowest BCUT2D eigenvalue weighted by molar-refractivity contribution is -0.119. The van der Waals surface area contributed by atoms with Crippen molar-refractivity contribution in [3.8, 4) is 0 Å². The van der Waals surface area contributed by atoms with Crippen LogP contribution in [0.3, 0.4) is 0 Å². The fourth-order valence-corrected chi connectivity index (χ4v) is 4.43. The fourth-order valence-electron chi connectivity index (χ4n) is 4.43. The first-order valence-corrected chi connectivity index (χ1v) is 13.2. The van der Waals surface area contributed by atoms with Gasteiger partial charge in [-0.2, -0.15) is 5.10 Å². The minimum absolute atomic E-state index is 0.00237. The highest BCUT2D eigenvalue weighted by molar-refractivity contribution is 5.98. The molecule has 0 saturated carbocycles. The largest absolute Gasteiger partial charge is 0.442 e. The highest BCUT2D eigenvalue weighted by Gasteiger charge is 2.34. The maximum absolute atomic E-state index is 15.4. The Hall–Kier alpha value is -4.59. The summed E-state index contributed by atoms with van der Waals surface area (Å²) in [7, 11) is 0. The van der Waals surface area contributed by atoms with Gasteiger partial charge in [-0.25, -0.2) is 18.6 Å². The highest BCUT2D eigenvalue weighted by atomic mass is 19.1. The second kappa shape index (κ2) is 14.3. The van der Waals surface area contributed by atoms with Crippen LogP contribution in [-0.4, -0.2) is 86.1 Å². The minimum atomic E-state index is -0.913. The van der Waals surface area contributed by atoms with E-state index in [4.69, 9.17) is 9.84 Å². The second-order valence-corrected chi connectivity index (χ2v) is 9.60. The molecule has 1 atom stereocenters. The van der Waals surface area contributed by atoms with Crippen molar-refractivity contribution < 1.29 is 37.8 Å². The Kier molecular flexibility index (Phi) is 10.9. The molecule has 1 aliphatic heterocycles. The first-order valence-electron chi connectivity index (χ1n) is 13.2. The minimum Gasteiger partial charge on any atom is -0.442 e. The number of aryl methyl sites for hydroxylation is 1. The van der Waals surface area contributed by atoms with Gasteiger partial charge in [0.2, 0.25) is 11.8 Å². The zero-order valence-corrected chi connectivity index (χ0v) is 23.7. The standard InChI is InChI=1S/C28H34F2N6O6/c1-5-8-34(9-10-36(31-4)27(40)22-11-19(7-6-17(22)2)33-25(39)16-37)26-23(29)12-20(13-24(26)30)35-15-21(42-28(35)41)14-32-18(3)38/h6-7,11-13,21,37H,4-5,8-10,14-16H2,1-3H3,(H,32,38)(H,33,39)/t21-/m0/s1. The predicted molar refractivity (Wildman–Crippen MR) is 153 cm³/mol. The molecule has 1 fully saturated rings. The summed E-state index contributed by atoms with van der Waals surface area (Å²) in [6.45, 7) is 7.83. The molecule has 4 amide bonds. The van der Waals surface area contributed by atoms with Gasteiger partial charge in [-0.3, -0.25) is 19.3 Å². The van der Waals surface area contributed by atoms with E-state index in [0.717, 1.165) is 22.0 Å². The SMILES string of the molecule is C=NN(CCN(CCC)c1c(F)cc(N2C[C@H](CNC(C)=O)OC2=O)cc1F)C(=O)c1cc(NC(=O)CO)ccc1C. The Morgan fingerprint density at radius 2 is 1.86 bits per heavy atom. The van der Waals surface area contributed by atoms with Crippen molar-refractivity contribution in [2.75, 3.05) is 54.4 Å². The third-order valence-electron chi connectivity index (χ3n) is 6.46. The molecule has 3 N–H and O–H groups in total. The molecule has 1 aliphatic rings. The van der Waals surface area contributed by atoms with Gasteiger partial charge in [0.1, 0.15) is 18.4 Å². The summed E-state index contributed by atoms with van der Waals surface area (Å²) < 4.78 is 36.0. The number of halogens is 2. The topological polar surface area (TPSA) is 144 Å². The van der Waals surface area contributed by atoms with Gasteiger partial charge in [-0.05, 0) is 31.0 Å². The molecule has 0 spiro atoms. The Balaban J connectivity index is 1.77. The second-order valence-electron chi connectivity index (χ2n) is 9.60. The lowest BCUT2D eigenvalue weighted by Gasteiger charge is -2.28. The fraction of sp³-hybridized carbons (Fsp3) is 0.393. The van der Waals surface area contributed by atoms with Crippen molar-refractivity contribution in [3.63, 3.8) is 0 Å². The summed E-state index contributed by atoms with van der Waals surface area (Å²) in [6.07, 6.45) is -0.928. The number of nitrogens with one attached hydrogen (secondary N) is 2. The summed E-state index contributed by atoms with van der Waals surface area (Å²) in [5.74, 6) is -3.32. The molecular weight excluding hydrogens is 554 g/mol. The van der Waals surface area contributed by atoms with Crippen molar-refractivity contribution in [3.05, 3.63) is 53.1 Å². The molecule has 0 aromatic heterocycles. The third-order valence-corrected chi connectivity index (χ3v) is 6.46. The molecule has 2 aromatic carbocycles. The molecule has 0 unspecified atom stereocenters. The zero-order chi connectivity index (χ0) is 31.0. The predicted octanol–water partition coefficient (Wildman–Crippen LogP) is 2.64. The van der Waals surface area contributed by atoms with Crippen LogP contribution >= 0.6 is 0 Å². The smallest absolute Gasteiger partial charge is 0.414 e. The summed E-state index contributed by atoms with van der Waals surface area (Å²) in [6, 6.07) is 6.71. The van der Waals surface area contributed by atoms with Gasteiger partial charge in [-0.1, -0.05) is 13.0 Å². The first-order chi connectivity index (χ1) is 20.0. The quantitative estimate of drug-likeness (QED) is 0.241. The van der Waals surface area contributed by atoms with Crippen LogP contribution in [0.25, 0.3) is 0 Å². The maximum Gasteiger partial charge on any atom is 0.414 e. The van der Waals surface area contributed by atoms with Crippen molar-refractivity contribution in [2.45, 2.75) is 33.3 Å². The lowest BCUT2D eigenvalue weighted by Crippen LogP contribution is -2.37. The van der Waals surface area contributed by atoms with Crippen LogP contribution in [0, 0.1) is 18.6 Å². The van der Waals surface area contributed by atoms with Crippen molar-refractivity contribution in [2.24, 2.45) is 5.10 Å². The van der Waals surface area contributed by atoms with Gasteiger partial charge in [0.15, 0.2) is 11.6 Å². The van der Waals surface area contributed by atoms with Crippen LogP contribution in [-0.2, 0) is 14.3 Å². The average Bonchev–Trinajstić information content (AvgIpc) is 3.32. The lowest BCUT2D eigenvalue weighted by atomic mass is 10.1. The van der Waals surface area contributed by atoms with E-state index in [-0.39, 0.29) is 55.6 Å². The van der Waals surface area contributed by atoms with Crippen molar-refractivity contribution >= 4 is 47.6 Å². The third kappa shape index (κ3) is 7.78. The molecule has 2 aromatic rings. The van der Waals surface area contributed by atoms with E-state index >= 15 is 8.78 Å². The monoisotopic (exact) mass is 588 g/mol. The van der Waals surface area contributed by atoms with E-state index in [1.165, 1.54) is 17.9 Å². The number of hydrazone groups is 1. The van der Waals surface area contributed by atoms with Gasteiger partial charge in [-0.15, -0.1) is 0 Å². The number of aliphatic hydroxyl groups excluding tert-OH is 1. The number of rotatable bonds is 13. The van der Waals surface area contributed by atoms with Gasteiger partial charge in [0, 0.05) is 50.1 Å². The van der Waals surface area contributed by atoms with E-state index in [9.17, 15) is 19.2 Å². The molecule has 42 heavy (non-hydrogen) atoms. The number of ether oxygens (including phenoxy) is 1. The number of hydrogen-bond acceptors (Lipinski definition) is 8. The number of carbonyl (C=O) groups excluding carboxylic acids is 4. The first kappa shape index (κ1) is 31.9. The molecule has 3 rings (SSSR count). The molecule has 0 aliphatic carbocycles. The van der Waals surface area contributed by atoms with Crippen LogP contribution in [0.15, 0.2) is 35.4 Å². The Morgan fingerprint density at radius 3 is 2.45 bits per heavy atom. The van der Waals surface area contributed by atoms with Gasteiger partial charge in [0.25, 0.3) is 5.91 Å². The number of carbonyl (C=O) groups is 4. The molecule has 226 valence electrons. The Morgan fingerprint density at radius 1 is 1.17 bits per heavy atom. The van der Waals surface area contributed by atoms with Crippen LogP contribution in [0.4, 0.5) is 30.6 Å². The number of cyclic esters (lactones) is 1. The average molecular weight is 589 g/mol. The van der Waals surface area contributed by atoms with E-state index in [2.05, 4.69) is 22.5 Å². The van der Waals surface area contributed by atoms with E-state index in [0.29, 0.717) is 17.7 Å². The molecular formula is C28H34F2N6O6. The van der Waals surface area contributed by atoms with Gasteiger partial charge in [0.05, 0.1) is 25.3 Å². The maximum atomic E-state index is 15.4.